The smallest absolute Gasteiger partial charge is 0.338 e. The van der Waals surface area contributed by atoms with E-state index >= 15 is 0 Å². The molecule has 1 aromatic carbocycles. The first-order chi connectivity index (χ1) is 12.7. The van der Waals surface area contributed by atoms with E-state index in [1.165, 1.54) is 17.8 Å². The number of carboxylic acids is 1. The Morgan fingerprint density at radius 1 is 1.31 bits per heavy atom. The molecule has 2 N–H and O–H groups in total. The van der Waals surface area contributed by atoms with Crippen LogP contribution in [0.25, 0.3) is 21.7 Å². The summed E-state index contributed by atoms with van der Waals surface area (Å²) >= 11 is 1.49. The van der Waals surface area contributed by atoms with E-state index in [0.717, 1.165) is 36.5 Å². The fourth-order valence-corrected chi connectivity index (χ4v) is 4.65. The van der Waals surface area contributed by atoms with E-state index in [2.05, 4.69) is 20.2 Å². The Hall–Kier alpha value is -2.45. The molecule has 0 radical (unpaired) electrons. The number of carbonyl (C=O) groups is 1. The van der Waals surface area contributed by atoms with E-state index < -0.39 is 5.97 Å². The predicted molar refractivity (Wildman–Crippen MR) is 98.9 cm³/mol. The summed E-state index contributed by atoms with van der Waals surface area (Å²) in [5, 5.41) is 15.9. The van der Waals surface area contributed by atoms with Crippen LogP contribution in [0.2, 0.25) is 0 Å². The molecular formula is C18H18N4O3S. The third-order valence-corrected chi connectivity index (χ3v) is 5.96. The molecule has 0 saturated carbocycles. The average Bonchev–Trinajstić information content (AvgIpc) is 3.30. The fraction of sp³-hybridized carbons (Fsp3) is 0.389. The quantitative estimate of drug-likeness (QED) is 0.732. The second-order valence-electron chi connectivity index (χ2n) is 6.87. The van der Waals surface area contributed by atoms with Crippen molar-refractivity contribution in [2.45, 2.75) is 31.3 Å². The third-order valence-electron chi connectivity index (χ3n) is 5.15. The molecule has 0 aliphatic carbocycles. The summed E-state index contributed by atoms with van der Waals surface area (Å²) in [5.74, 6) is -1.00. The van der Waals surface area contributed by atoms with Crippen molar-refractivity contribution in [1.29, 1.82) is 0 Å². The Morgan fingerprint density at radius 2 is 2.12 bits per heavy atom. The number of fused-ring (bicyclic) bond motifs is 3. The summed E-state index contributed by atoms with van der Waals surface area (Å²) < 4.78 is 6.11. The van der Waals surface area contributed by atoms with Crippen molar-refractivity contribution in [2.24, 2.45) is 0 Å². The second kappa shape index (κ2) is 6.07. The van der Waals surface area contributed by atoms with Gasteiger partial charge >= 0.3 is 5.97 Å². The number of piperazine rings is 1. The number of oxazole rings is 1. The summed E-state index contributed by atoms with van der Waals surface area (Å²) in [6.45, 7) is 1.66. The molecule has 2 aliphatic rings. The van der Waals surface area contributed by atoms with E-state index in [0.29, 0.717) is 29.2 Å². The normalized spacial score (nSPS) is 22.7. The summed E-state index contributed by atoms with van der Waals surface area (Å²) in [6, 6.07) is 4.72. The van der Waals surface area contributed by atoms with E-state index in [1.807, 2.05) is 5.38 Å². The topological polar surface area (TPSA) is 91.5 Å². The number of nitrogens with zero attached hydrogens (tertiary/aromatic N) is 3. The van der Waals surface area contributed by atoms with Gasteiger partial charge in [0.05, 0.1) is 11.1 Å². The van der Waals surface area contributed by atoms with Crippen LogP contribution in [0.15, 0.2) is 28.1 Å². The van der Waals surface area contributed by atoms with Gasteiger partial charge in [-0.25, -0.2) is 9.78 Å². The molecule has 2 saturated heterocycles. The van der Waals surface area contributed by atoms with Gasteiger partial charge in [0.2, 0.25) is 0 Å². The first-order valence-electron chi connectivity index (χ1n) is 8.77. The molecule has 7 nitrogen and oxygen atoms in total. The van der Waals surface area contributed by atoms with Crippen LogP contribution >= 0.6 is 11.3 Å². The Kier molecular flexibility index (Phi) is 3.68. The molecule has 0 spiro atoms. The standard InChI is InChI=1S/C18H18N4O3S/c23-17(24)12-4-5-13(16-19-6-7-26-16)15-14(12)21-18(25-15)22-8-10-2-1-3-11(9-22)20-10/h4-7,10-11,20H,1-3,8-9H2,(H,23,24). The van der Waals surface area contributed by atoms with Gasteiger partial charge in [-0.3, -0.25) is 0 Å². The number of hydrogen-bond donors (Lipinski definition) is 2. The van der Waals surface area contributed by atoms with Crippen LogP contribution in [-0.4, -0.2) is 46.2 Å². The molecule has 3 aromatic rings. The number of benzene rings is 1. The molecule has 2 atom stereocenters. The Bertz CT molecular complexity index is 956. The van der Waals surface area contributed by atoms with Crippen LogP contribution in [0.5, 0.6) is 0 Å². The molecule has 26 heavy (non-hydrogen) atoms. The number of piperidine rings is 1. The first kappa shape index (κ1) is 15.8. The second-order valence-corrected chi connectivity index (χ2v) is 7.77. The molecule has 2 unspecified atom stereocenters. The summed E-state index contributed by atoms with van der Waals surface area (Å²) in [6.07, 6.45) is 5.28. The van der Waals surface area contributed by atoms with E-state index in [4.69, 9.17) is 4.42 Å². The van der Waals surface area contributed by atoms with Gasteiger partial charge in [0, 0.05) is 36.8 Å². The number of rotatable bonds is 3. The number of anilines is 1. The summed E-state index contributed by atoms with van der Waals surface area (Å²) in [7, 11) is 0. The highest BCUT2D eigenvalue weighted by molar-refractivity contribution is 7.13. The highest BCUT2D eigenvalue weighted by Gasteiger charge is 2.32. The van der Waals surface area contributed by atoms with E-state index in [-0.39, 0.29) is 5.56 Å². The highest BCUT2D eigenvalue weighted by Crippen LogP contribution is 2.35. The van der Waals surface area contributed by atoms with Crippen molar-refractivity contribution in [3.05, 3.63) is 29.3 Å². The lowest BCUT2D eigenvalue weighted by atomic mass is 9.94. The number of hydrogen-bond acceptors (Lipinski definition) is 7. The molecule has 2 bridgehead atoms. The predicted octanol–water partition coefficient (Wildman–Crippen LogP) is 2.98. The van der Waals surface area contributed by atoms with Gasteiger partial charge < -0.3 is 19.7 Å². The van der Waals surface area contributed by atoms with Crippen molar-refractivity contribution in [2.75, 3.05) is 18.0 Å². The van der Waals surface area contributed by atoms with Crippen molar-refractivity contribution in [3.63, 3.8) is 0 Å². The lowest BCUT2D eigenvalue weighted by Crippen LogP contribution is -2.58. The maximum atomic E-state index is 11.6. The van der Waals surface area contributed by atoms with Crippen molar-refractivity contribution in [1.82, 2.24) is 15.3 Å². The largest absolute Gasteiger partial charge is 0.478 e. The minimum Gasteiger partial charge on any atom is -0.478 e. The maximum Gasteiger partial charge on any atom is 0.338 e. The molecule has 134 valence electrons. The number of aromatic carboxylic acids is 1. The maximum absolute atomic E-state index is 11.6. The summed E-state index contributed by atoms with van der Waals surface area (Å²) in [5.41, 5.74) is 1.84. The zero-order valence-corrected chi connectivity index (χ0v) is 14.8. The van der Waals surface area contributed by atoms with Gasteiger partial charge in [-0.2, -0.15) is 4.98 Å². The monoisotopic (exact) mass is 370 g/mol. The van der Waals surface area contributed by atoms with Gasteiger partial charge in [-0.1, -0.05) is 6.42 Å². The molecule has 0 amide bonds. The molecular weight excluding hydrogens is 352 g/mol. The van der Waals surface area contributed by atoms with Gasteiger partial charge in [-0.15, -0.1) is 11.3 Å². The van der Waals surface area contributed by atoms with Gasteiger partial charge in [0.1, 0.15) is 10.5 Å². The Morgan fingerprint density at radius 3 is 2.81 bits per heavy atom. The van der Waals surface area contributed by atoms with Crippen LogP contribution < -0.4 is 10.2 Å². The summed E-state index contributed by atoms with van der Waals surface area (Å²) in [4.78, 5) is 22.7. The molecule has 2 aromatic heterocycles. The van der Waals surface area contributed by atoms with Crippen molar-refractivity contribution in [3.8, 4) is 10.6 Å². The zero-order chi connectivity index (χ0) is 17.7. The average molecular weight is 370 g/mol. The minimum absolute atomic E-state index is 0.158. The van der Waals surface area contributed by atoms with Crippen molar-refractivity contribution >= 4 is 34.4 Å². The molecule has 2 fully saturated rings. The van der Waals surface area contributed by atoms with E-state index in [9.17, 15) is 9.90 Å². The number of aromatic nitrogens is 2. The van der Waals surface area contributed by atoms with Crippen LogP contribution in [0, 0.1) is 0 Å². The van der Waals surface area contributed by atoms with Crippen molar-refractivity contribution < 1.29 is 14.3 Å². The minimum atomic E-state index is -1.00. The molecule has 4 heterocycles. The van der Waals surface area contributed by atoms with Gasteiger partial charge in [0.15, 0.2) is 5.58 Å². The molecule has 2 aliphatic heterocycles. The zero-order valence-electron chi connectivity index (χ0n) is 14.0. The van der Waals surface area contributed by atoms with Gasteiger partial charge in [0.25, 0.3) is 6.01 Å². The molecule has 5 rings (SSSR count). The lowest BCUT2D eigenvalue weighted by Gasteiger charge is -2.41. The molecule has 8 heteroatoms. The third kappa shape index (κ3) is 2.57. The number of nitrogens with one attached hydrogen (secondary N) is 1. The highest BCUT2D eigenvalue weighted by atomic mass is 32.1. The Balaban J connectivity index is 1.62. The van der Waals surface area contributed by atoms with Crippen LogP contribution in [0.3, 0.4) is 0 Å². The van der Waals surface area contributed by atoms with Crippen LogP contribution in [-0.2, 0) is 0 Å². The van der Waals surface area contributed by atoms with Crippen LogP contribution in [0.4, 0.5) is 6.01 Å². The Labute approximate surface area is 153 Å². The van der Waals surface area contributed by atoms with E-state index in [1.54, 1.807) is 18.3 Å². The SMILES string of the molecule is O=C(O)c1ccc(-c2nccs2)c2oc(N3CC4CCCC(C3)N4)nc12. The lowest BCUT2D eigenvalue weighted by molar-refractivity contribution is 0.0699. The number of thiazole rings is 1. The van der Waals surface area contributed by atoms with Crippen LogP contribution in [0.1, 0.15) is 29.6 Å². The number of carboxylic acid groups (broad SMARTS) is 1. The fourth-order valence-electron chi connectivity index (χ4n) is 3.99. The first-order valence-corrected chi connectivity index (χ1v) is 9.64. The van der Waals surface area contributed by atoms with Gasteiger partial charge in [-0.05, 0) is 25.0 Å².